The van der Waals surface area contributed by atoms with Crippen LogP contribution in [0.5, 0.6) is 11.5 Å². The van der Waals surface area contributed by atoms with Crippen molar-refractivity contribution in [3.8, 4) is 11.5 Å². The highest BCUT2D eigenvalue weighted by Gasteiger charge is 2.26. The lowest BCUT2D eigenvalue weighted by Gasteiger charge is -2.09. The maximum absolute atomic E-state index is 12.4. The Labute approximate surface area is 182 Å². The quantitative estimate of drug-likeness (QED) is 0.546. The van der Waals surface area contributed by atoms with Crippen LogP contribution >= 0.6 is 11.3 Å². The number of thiophene rings is 1. The molecule has 3 aromatic rings. The van der Waals surface area contributed by atoms with Crippen molar-refractivity contribution < 1.29 is 23.9 Å². The summed E-state index contributed by atoms with van der Waals surface area (Å²) < 4.78 is 10.8. The number of carbonyl (C=O) groups excluding carboxylic acids is 3. The lowest BCUT2D eigenvalue weighted by molar-refractivity contribution is -0.119. The van der Waals surface area contributed by atoms with Crippen molar-refractivity contribution in [1.82, 2.24) is 0 Å². The van der Waals surface area contributed by atoms with Crippen molar-refractivity contribution in [2.24, 2.45) is 5.73 Å². The maximum Gasteiger partial charge on any atom is 0.338 e. The van der Waals surface area contributed by atoms with Crippen molar-refractivity contribution in [2.45, 2.75) is 19.3 Å². The Kier molecular flexibility index (Phi) is 5.99. The van der Waals surface area contributed by atoms with Crippen molar-refractivity contribution in [3.63, 3.8) is 0 Å². The number of fused-ring (bicyclic) bond motifs is 1. The molecule has 158 valence electrons. The number of hydrogen-bond acceptors (Lipinski definition) is 6. The zero-order chi connectivity index (χ0) is 21.8. The van der Waals surface area contributed by atoms with Crippen LogP contribution in [0.25, 0.3) is 0 Å². The predicted octanol–water partition coefficient (Wildman–Crippen LogP) is 3.92. The highest BCUT2D eigenvalue weighted by molar-refractivity contribution is 7.17. The Hall–Kier alpha value is -3.65. The average Bonchev–Trinajstić information content (AvgIpc) is 3.33. The van der Waals surface area contributed by atoms with Crippen molar-refractivity contribution >= 4 is 34.1 Å². The molecular formula is C23H20N2O5S. The van der Waals surface area contributed by atoms with Crippen molar-refractivity contribution in [3.05, 3.63) is 76.2 Å². The molecule has 0 saturated heterocycles. The van der Waals surface area contributed by atoms with E-state index >= 15 is 0 Å². The number of aryl methyl sites for hydroxylation is 1. The minimum absolute atomic E-state index is 0.258. The molecule has 0 bridgehead atoms. The van der Waals surface area contributed by atoms with E-state index in [2.05, 4.69) is 5.32 Å². The molecule has 0 saturated carbocycles. The van der Waals surface area contributed by atoms with Gasteiger partial charge in [-0.2, -0.15) is 0 Å². The number of benzene rings is 2. The van der Waals surface area contributed by atoms with Gasteiger partial charge in [-0.25, -0.2) is 4.79 Å². The van der Waals surface area contributed by atoms with Gasteiger partial charge >= 0.3 is 5.97 Å². The highest BCUT2D eigenvalue weighted by Crippen LogP contribution is 2.38. The molecule has 4 rings (SSSR count). The van der Waals surface area contributed by atoms with Crippen molar-refractivity contribution in [1.29, 1.82) is 0 Å². The van der Waals surface area contributed by atoms with E-state index in [0.29, 0.717) is 22.1 Å². The minimum atomic E-state index is -0.655. The van der Waals surface area contributed by atoms with Crippen LogP contribution in [-0.2, 0) is 22.4 Å². The summed E-state index contributed by atoms with van der Waals surface area (Å²) in [4.78, 5) is 37.5. The van der Waals surface area contributed by atoms with Gasteiger partial charge in [0, 0.05) is 4.88 Å². The summed E-state index contributed by atoms with van der Waals surface area (Å²) in [6.45, 7) is -0.483. The molecule has 0 aliphatic heterocycles. The summed E-state index contributed by atoms with van der Waals surface area (Å²) in [6.07, 6.45) is 2.61. The first-order valence-electron chi connectivity index (χ1n) is 9.75. The standard InChI is InChI=1S/C23H20N2O5S/c24-21(27)20-17-10-5-11-18(17)31-22(20)25-19(26)13-29-23(28)14-6-4-9-16(12-14)30-15-7-2-1-3-8-15/h1-4,6-9,12H,5,10-11,13H2,(H2,24,27)(H,25,26). The summed E-state index contributed by atoms with van der Waals surface area (Å²) in [7, 11) is 0. The van der Waals surface area contributed by atoms with Gasteiger partial charge in [-0.05, 0) is 55.2 Å². The van der Waals surface area contributed by atoms with Crippen LogP contribution in [0, 0.1) is 0 Å². The molecule has 8 heteroatoms. The first-order valence-corrected chi connectivity index (χ1v) is 10.6. The van der Waals surface area contributed by atoms with Crippen molar-refractivity contribution in [2.75, 3.05) is 11.9 Å². The number of primary amides is 1. The molecule has 2 aromatic carbocycles. The third kappa shape index (κ3) is 4.75. The molecule has 0 fully saturated rings. The Morgan fingerprint density at radius 2 is 1.77 bits per heavy atom. The molecule has 0 spiro atoms. The van der Waals surface area contributed by atoms with Crippen LogP contribution in [0.3, 0.4) is 0 Å². The number of nitrogens with two attached hydrogens (primary N) is 1. The lowest BCUT2D eigenvalue weighted by atomic mass is 10.1. The molecule has 0 unspecified atom stereocenters. The first-order chi connectivity index (χ1) is 15.0. The molecule has 31 heavy (non-hydrogen) atoms. The van der Waals surface area contributed by atoms with Gasteiger partial charge in [-0.3, -0.25) is 9.59 Å². The van der Waals surface area contributed by atoms with Gasteiger partial charge < -0.3 is 20.5 Å². The second-order valence-corrected chi connectivity index (χ2v) is 8.10. The van der Waals surface area contributed by atoms with E-state index < -0.39 is 24.4 Å². The zero-order valence-electron chi connectivity index (χ0n) is 16.6. The summed E-state index contributed by atoms with van der Waals surface area (Å²) in [6, 6.07) is 15.7. The molecular weight excluding hydrogens is 416 g/mol. The molecule has 1 aromatic heterocycles. The Morgan fingerprint density at radius 3 is 2.55 bits per heavy atom. The number of esters is 1. The molecule has 1 aliphatic carbocycles. The minimum Gasteiger partial charge on any atom is -0.457 e. The molecule has 7 nitrogen and oxygen atoms in total. The van der Waals surface area contributed by atoms with E-state index in [4.69, 9.17) is 15.2 Å². The Balaban J connectivity index is 1.37. The van der Waals surface area contributed by atoms with Gasteiger partial charge in [-0.15, -0.1) is 11.3 Å². The Bertz CT molecular complexity index is 1140. The zero-order valence-corrected chi connectivity index (χ0v) is 17.4. The molecule has 3 N–H and O–H groups in total. The third-order valence-electron chi connectivity index (χ3n) is 4.80. The fourth-order valence-corrected chi connectivity index (χ4v) is 4.75. The predicted molar refractivity (Wildman–Crippen MR) is 117 cm³/mol. The van der Waals surface area contributed by atoms with E-state index in [9.17, 15) is 14.4 Å². The first kappa shape index (κ1) is 20.6. The SMILES string of the molecule is NC(=O)c1c(NC(=O)COC(=O)c2cccc(Oc3ccccc3)c2)sc2c1CCC2. The summed E-state index contributed by atoms with van der Waals surface area (Å²) in [5.74, 6) is -0.642. The number of carbonyl (C=O) groups is 3. The highest BCUT2D eigenvalue weighted by atomic mass is 32.1. The van der Waals surface area contributed by atoms with E-state index in [0.717, 1.165) is 29.7 Å². The monoisotopic (exact) mass is 436 g/mol. The van der Waals surface area contributed by atoms with E-state index in [1.54, 1.807) is 36.4 Å². The molecule has 1 heterocycles. The van der Waals surface area contributed by atoms with Crippen LogP contribution in [0.4, 0.5) is 5.00 Å². The van der Waals surface area contributed by atoms with E-state index in [1.807, 2.05) is 18.2 Å². The van der Waals surface area contributed by atoms with Crippen LogP contribution in [0.1, 0.15) is 37.6 Å². The molecule has 0 atom stereocenters. The summed E-state index contributed by atoms with van der Waals surface area (Å²) in [5.41, 5.74) is 7.03. The number of nitrogens with one attached hydrogen (secondary N) is 1. The molecule has 0 radical (unpaired) electrons. The van der Waals surface area contributed by atoms with Crippen LogP contribution in [-0.4, -0.2) is 24.4 Å². The van der Waals surface area contributed by atoms with Gasteiger partial charge in [0.25, 0.3) is 11.8 Å². The number of anilines is 1. The topological polar surface area (TPSA) is 108 Å². The maximum atomic E-state index is 12.4. The van der Waals surface area contributed by atoms with Crippen LogP contribution in [0.2, 0.25) is 0 Å². The normalized spacial score (nSPS) is 12.1. The second-order valence-electron chi connectivity index (χ2n) is 6.99. The van der Waals surface area contributed by atoms with Gasteiger partial charge in [-0.1, -0.05) is 24.3 Å². The average molecular weight is 436 g/mol. The smallest absolute Gasteiger partial charge is 0.338 e. The number of amides is 2. The molecule has 1 aliphatic rings. The number of rotatable bonds is 7. The Morgan fingerprint density at radius 1 is 1.00 bits per heavy atom. The van der Waals surface area contributed by atoms with E-state index in [1.165, 1.54) is 11.3 Å². The number of ether oxygens (including phenoxy) is 2. The van der Waals surface area contributed by atoms with Crippen LogP contribution < -0.4 is 15.8 Å². The summed E-state index contributed by atoms with van der Waals surface area (Å²) in [5, 5.41) is 3.06. The third-order valence-corrected chi connectivity index (χ3v) is 6.01. The summed E-state index contributed by atoms with van der Waals surface area (Å²) >= 11 is 1.35. The van der Waals surface area contributed by atoms with Crippen LogP contribution in [0.15, 0.2) is 54.6 Å². The number of para-hydroxylation sites is 1. The largest absolute Gasteiger partial charge is 0.457 e. The van der Waals surface area contributed by atoms with E-state index in [-0.39, 0.29) is 5.56 Å². The number of hydrogen-bond donors (Lipinski definition) is 2. The second kappa shape index (κ2) is 9.01. The van der Waals surface area contributed by atoms with Gasteiger partial charge in [0.1, 0.15) is 16.5 Å². The lowest BCUT2D eigenvalue weighted by Crippen LogP contribution is -2.22. The van der Waals surface area contributed by atoms with Gasteiger partial charge in [0.05, 0.1) is 11.1 Å². The van der Waals surface area contributed by atoms with Gasteiger partial charge in [0.15, 0.2) is 6.61 Å². The fourth-order valence-electron chi connectivity index (χ4n) is 3.44. The van der Waals surface area contributed by atoms with Gasteiger partial charge in [0.2, 0.25) is 0 Å². The fraction of sp³-hybridized carbons (Fsp3) is 0.174. The molecule has 2 amide bonds.